The first-order valence-electron chi connectivity index (χ1n) is 9.60. The number of rotatable bonds is 5. The summed E-state index contributed by atoms with van der Waals surface area (Å²) in [6.07, 6.45) is 2.44. The van der Waals surface area contributed by atoms with Gasteiger partial charge in [0.05, 0.1) is 4.90 Å². The molecule has 1 fully saturated rings. The molecule has 148 valence electrons. The molecule has 1 saturated carbocycles. The molecule has 0 amide bonds. The summed E-state index contributed by atoms with van der Waals surface area (Å²) in [5, 5.41) is 0. The second kappa shape index (κ2) is 7.21. The zero-order valence-electron chi connectivity index (χ0n) is 17.1. The van der Waals surface area contributed by atoms with Crippen LogP contribution in [-0.2, 0) is 22.0 Å². The summed E-state index contributed by atoms with van der Waals surface area (Å²) in [5.74, 6) is 1.02. The fourth-order valence-electron chi connectivity index (χ4n) is 3.20. The average molecular weight is 407 g/mol. The van der Waals surface area contributed by atoms with Gasteiger partial charge in [0.15, 0.2) is 0 Å². The molecule has 1 aliphatic carbocycles. The maximum Gasteiger partial charge on any atom is 0.285 e. The molecule has 1 aromatic carbocycles. The molecule has 0 saturated heterocycles. The molecular weight excluding hydrogens is 376 g/mol. The first-order chi connectivity index (χ1) is 12.5. The fourth-order valence-corrected chi connectivity index (χ4v) is 5.61. The molecule has 0 N–H and O–H groups in total. The lowest BCUT2D eigenvalue weighted by atomic mass is 9.93. The van der Waals surface area contributed by atoms with Crippen molar-refractivity contribution >= 4 is 21.4 Å². The van der Waals surface area contributed by atoms with Gasteiger partial charge in [0, 0.05) is 17.1 Å². The maximum atomic E-state index is 12.9. The second-order valence-electron chi connectivity index (χ2n) is 8.89. The predicted octanol–water partition coefficient (Wildman–Crippen LogP) is 4.98. The van der Waals surface area contributed by atoms with Gasteiger partial charge < -0.3 is 4.57 Å². The summed E-state index contributed by atoms with van der Waals surface area (Å²) in [7, 11) is -3.73. The van der Waals surface area contributed by atoms with Crippen LogP contribution in [0.15, 0.2) is 33.6 Å². The average Bonchev–Trinajstić information content (AvgIpc) is 3.33. The zero-order chi connectivity index (χ0) is 20.0. The Morgan fingerprint density at radius 2 is 1.78 bits per heavy atom. The van der Waals surface area contributed by atoms with Crippen LogP contribution in [0.1, 0.15) is 69.5 Å². The highest BCUT2D eigenvalue weighted by Gasteiger charge is 2.27. The summed E-state index contributed by atoms with van der Waals surface area (Å²) in [6.45, 7) is 13.6. The van der Waals surface area contributed by atoms with E-state index in [1.54, 1.807) is 12.1 Å². The van der Waals surface area contributed by atoms with E-state index in [1.807, 2.05) is 12.1 Å². The maximum absolute atomic E-state index is 12.9. The Labute approximate surface area is 167 Å². The lowest BCUT2D eigenvalue weighted by molar-refractivity contribution is 0.562. The van der Waals surface area contributed by atoms with Gasteiger partial charge in [-0.3, -0.25) is 0 Å². The standard InChI is InChI=1S/C21H30N2O2S2/c1-14(2)17-9-11-18(12-10-17)27(24,25)22-20-23(13-16-7-8-16)15(3)19(26-20)21(4,5)6/h9-12,14,16H,7-8,13H2,1-6H3. The minimum atomic E-state index is -3.73. The third-order valence-electron chi connectivity index (χ3n) is 5.02. The van der Waals surface area contributed by atoms with Crippen LogP contribution in [-0.4, -0.2) is 13.0 Å². The Bertz CT molecular complexity index is 984. The molecule has 1 aromatic heterocycles. The van der Waals surface area contributed by atoms with Crippen LogP contribution in [0.25, 0.3) is 0 Å². The lowest BCUT2D eigenvalue weighted by Crippen LogP contribution is -2.20. The van der Waals surface area contributed by atoms with Crippen LogP contribution in [0.2, 0.25) is 0 Å². The predicted molar refractivity (Wildman–Crippen MR) is 112 cm³/mol. The number of aromatic nitrogens is 1. The summed E-state index contributed by atoms with van der Waals surface area (Å²) < 4.78 is 32.2. The van der Waals surface area contributed by atoms with Crippen LogP contribution in [0.3, 0.4) is 0 Å². The van der Waals surface area contributed by atoms with Gasteiger partial charge in [-0.25, -0.2) is 0 Å². The van der Waals surface area contributed by atoms with Gasteiger partial charge in [0.1, 0.15) is 0 Å². The number of hydrogen-bond acceptors (Lipinski definition) is 3. The van der Waals surface area contributed by atoms with Crippen LogP contribution in [0.5, 0.6) is 0 Å². The van der Waals surface area contributed by atoms with E-state index < -0.39 is 10.0 Å². The Morgan fingerprint density at radius 1 is 1.19 bits per heavy atom. The molecule has 0 unspecified atom stereocenters. The zero-order valence-corrected chi connectivity index (χ0v) is 18.7. The number of nitrogens with zero attached hydrogens (tertiary/aromatic N) is 2. The fraction of sp³-hybridized carbons (Fsp3) is 0.571. The van der Waals surface area contributed by atoms with Crippen LogP contribution in [0.4, 0.5) is 0 Å². The normalized spacial score (nSPS) is 16.3. The Kier molecular flexibility index (Phi) is 5.43. The van der Waals surface area contributed by atoms with E-state index in [-0.39, 0.29) is 10.3 Å². The molecule has 3 rings (SSSR count). The SMILES string of the molecule is Cc1c(C(C)(C)C)sc(=NS(=O)(=O)c2ccc(C(C)C)cc2)n1CC1CC1. The van der Waals surface area contributed by atoms with Crippen molar-refractivity contribution < 1.29 is 8.42 Å². The topological polar surface area (TPSA) is 51.4 Å². The van der Waals surface area contributed by atoms with Gasteiger partial charge in [-0.15, -0.1) is 15.7 Å². The number of sulfonamides is 1. The molecule has 1 heterocycles. The van der Waals surface area contributed by atoms with Crippen LogP contribution in [0, 0.1) is 12.8 Å². The first kappa shape index (κ1) is 20.3. The molecule has 0 aliphatic heterocycles. The Balaban J connectivity index is 2.08. The van der Waals surface area contributed by atoms with Gasteiger partial charge in [-0.2, -0.15) is 8.42 Å². The van der Waals surface area contributed by atoms with Crippen molar-refractivity contribution in [3.63, 3.8) is 0 Å². The number of thiazole rings is 1. The smallest absolute Gasteiger partial charge is 0.285 e. The van der Waals surface area contributed by atoms with E-state index in [9.17, 15) is 8.42 Å². The van der Waals surface area contributed by atoms with E-state index in [4.69, 9.17) is 0 Å². The summed E-state index contributed by atoms with van der Waals surface area (Å²) >= 11 is 1.51. The summed E-state index contributed by atoms with van der Waals surface area (Å²) in [6, 6.07) is 7.10. The van der Waals surface area contributed by atoms with Crippen molar-refractivity contribution in [1.82, 2.24) is 4.57 Å². The van der Waals surface area contributed by atoms with Gasteiger partial charge in [0.25, 0.3) is 10.0 Å². The van der Waals surface area contributed by atoms with Crippen molar-refractivity contribution in [1.29, 1.82) is 0 Å². The van der Waals surface area contributed by atoms with Crippen molar-refractivity contribution in [2.75, 3.05) is 0 Å². The van der Waals surface area contributed by atoms with Crippen molar-refractivity contribution in [2.45, 2.75) is 77.2 Å². The first-order valence-corrected chi connectivity index (χ1v) is 11.9. The molecule has 0 atom stereocenters. The van der Waals surface area contributed by atoms with E-state index >= 15 is 0 Å². The van der Waals surface area contributed by atoms with E-state index in [1.165, 1.54) is 29.1 Å². The number of benzene rings is 1. The lowest BCUT2D eigenvalue weighted by Gasteiger charge is -2.17. The van der Waals surface area contributed by atoms with Crippen molar-refractivity contribution in [3.8, 4) is 0 Å². The van der Waals surface area contributed by atoms with Crippen molar-refractivity contribution in [2.24, 2.45) is 10.3 Å². The molecule has 27 heavy (non-hydrogen) atoms. The Morgan fingerprint density at radius 3 is 2.26 bits per heavy atom. The molecule has 1 aliphatic rings. The van der Waals surface area contributed by atoms with Gasteiger partial charge in [0.2, 0.25) is 4.80 Å². The molecule has 0 bridgehead atoms. The molecule has 0 radical (unpaired) electrons. The van der Waals surface area contributed by atoms with Gasteiger partial charge in [-0.05, 0) is 54.7 Å². The summed E-state index contributed by atoms with van der Waals surface area (Å²) in [4.78, 5) is 2.05. The number of hydrogen-bond donors (Lipinski definition) is 0. The highest BCUT2D eigenvalue weighted by atomic mass is 32.2. The van der Waals surface area contributed by atoms with Crippen molar-refractivity contribution in [3.05, 3.63) is 45.2 Å². The van der Waals surface area contributed by atoms with E-state index in [0.717, 1.165) is 17.8 Å². The summed E-state index contributed by atoms with van der Waals surface area (Å²) in [5.41, 5.74) is 2.24. The second-order valence-corrected chi connectivity index (χ2v) is 11.5. The van der Waals surface area contributed by atoms with E-state index in [2.05, 4.69) is 50.5 Å². The van der Waals surface area contributed by atoms with Gasteiger partial charge >= 0.3 is 0 Å². The Hall–Kier alpha value is -1.40. The molecular formula is C21H30N2O2S2. The van der Waals surface area contributed by atoms with Crippen LogP contribution >= 0.6 is 11.3 Å². The molecule has 4 nitrogen and oxygen atoms in total. The highest BCUT2D eigenvalue weighted by molar-refractivity contribution is 7.90. The molecule has 6 heteroatoms. The van der Waals surface area contributed by atoms with E-state index in [0.29, 0.717) is 16.6 Å². The third kappa shape index (κ3) is 4.54. The minimum Gasteiger partial charge on any atom is -0.320 e. The quantitative estimate of drug-likeness (QED) is 0.703. The monoisotopic (exact) mass is 406 g/mol. The molecule has 0 spiro atoms. The minimum absolute atomic E-state index is 0.0313. The van der Waals surface area contributed by atoms with Crippen LogP contribution < -0.4 is 4.80 Å². The largest absolute Gasteiger partial charge is 0.320 e. The molecule has 2 aromatic rings. The third-order valence-corrected chi connectivity index (χ3v) is 8.02. The highest BCUT2D eigenvalue weighted by Crippen LogP contribution is 2.33. The van der Waals surface area contributed by atoms with Gasteiger partial charge in [-0.1, -0.05) is 46.8 Å².